The number of halogens is 1. The third-order valence-corrected chi connectivity index (χ3v) is 4.00. The molecule has 1 aliphatic heterocycles. The van der Waals surface area contributed by atoms with Crippen LogP contribution in [0.1, 0.15) is 15.9 Å². The maximum atomic E-state index is 12.1. The molecular weight excluding hydrogens is 314 g/mol. The summed E-state index contributed by atoms with van der Waals surface area (Å²) in [5.74, 6) is -1.92. The van der Waals surface area contributed by atoms with E-state index in [2.05, 4.69) is 21.2 Å². The Kier molecular flexibility index (Phi) is 4.21. The second-order valence-electron chi connectivity index (χ2n) is 4.53. The topological polar surface area (TPSA) is 75.6 Å². The van der Waals surface area contributed by atoms with Gasteiger partial charge in [0.1, 0.15) is 5.92 Å². The molecule has 0 radical (unpaired) electrons. The molecule has 5 nitrogen and oxygen atoms in total. The normalized spacial score (nSPS) is 22.2. The molecule has 102 valence electrons. The van der Waals surface area contributed by atoms with Gasteiger partial charge in [-0.15, -0.1) is 0 Å². The molecule has 1 fully saturated rings. The lowest BCUT2D eigenvalue weighted by molar-refractivity contribution is -0.142. The Morgan fingerprint density at radius 2 is 2.16 bits per heavy atom. The highest BCUT2D eigenvalue weighted by molar-refractivity contribution is 9.10. The van der Waals surface area contributed by atoms with Gasteiger partial charge >= 0.3 is 5.97 Å². The molecule has 2 atom stereocenters. The number of nitrogens with one attached hydrogen (secondary N) is 1. The smallest absolute Gasteiger partial charge is 0.311 e. The van der Waals surface area contributed by atoms with Crippen LogP contribution in [0.3, 0.4) is 0 Å². The van der Waals surface area contributed by atoms with Gasteiger partial charge in [0.25, 0.3) is 5.91 Å². The van der Waals surface area contributed by atoms with Crippen molar-refractivity contribution in [2.75, 3.05) is 13.2 Å². The van der Waals surface area contributed by atoms with Gasteiger partial charge in [-0.25, -0.2) is 0 Å². The molecule has 2 unspecified atom stereocenters. The van der Waals surface area contributed by atoms with Gasteiger partial charge < -0.3 is 15.2 Å². The van der Waals surface area contributed by atoms with E-state index >= 15 is 0 Å². The lowest BCUT2D eigenvalue weighted by Crippen LogP contribution is -2.42. The molecule has 1 amide bonds. The van der Waals surface area contributed by atoms with E-state index in [-0.39, 0.29) is 19.1 Å². The number of hydrogen-bond acceptors (Lipinski definition) is 3. The Morgan fingerprint density at radius 3 is 2.79 bits per heavy atom. The largest absolute Gasteiger partial charge is 0.481 e. The quantitative estimate of drug-likeness (QED) is 0.883. The van der Waals surface area contributed by atoms with Crippen LogP contribution in [0.4, 0.5) is 0 Å². The summed E-state index contributed by atoms with van der Waals surface area (Å²) in [6.45, 7) is 2.30. The van der Waals surface area contributed by atoms with Crippen LogP contribution in [0, 0.1) is 12.8 Å². The number of ether oxygens (including phenoxy) is 1. The fraction of sp³-hybridized carbons (Fsp3) is 0.385. The first-order chi connectivity index (χ1) is 8.99. The monoisotopic (exact) mass is 327 g/mol. The Bertz CT molecular complexity index is 517. The molecule has 0 spiro atoms. The minimum Gasteiger partial charge on any atom is -0.481 e. The van der Waals surface area contributed by atoms with Gasteiger partial charge in [0.2, 0.25) is 0 Å². The van der Waals surface area contributed by atoms with E-state index in [4.69, 9.17) is 9.84 Å². The fourth-order valence-electron chi connectivity index (χ4n) is 1.93. The standard InChI is InChI=1S/C13H14BrNO4/c1-7-2-3-8(4-10(7)14)12(16)15-11-6-19-5-9(11)13(17)18/h2-4,9,11H,5-6H2,1H3,(H,15,16)(H,17,18). The van der Waals surface area contributed by atoms with Gasteiger partial charge in [-0.3, -0.25) is 9.59 Å². The van der Waals surface area contributed by atoms with Crippen molar-refractivity contribution >= 4 is 27.8 Å². The van der Waals surface area contributed by atoms with Gasteiger partial charge in [0.15, 0.2) is 0 Å². The SMILES string of the molecule is Cc1ccc(C(=O)NC2COCC2C(=O)O)cc1Br. The van der Waals surface area contributed by atoms with E-state index in [0.717, 1.165) is 10.0 Å². The first kappa shape index (κ1) is 14.0. The van der Waals surface area contributed by atoms with Gasteiger partial charge in [0, 0.05) is 10.0 Å². The van der Waals surface area contributed by atoms with Gasteiger partial charge in [-0.05, 0) is 24.6 Å². The number of carboxylic acids is 1. The molecular formula is C13H14BrNO4. The molecule has 0 bridgehead atoms. The van der Waals surface area contributed by atoms with E-state index in [1.807, 2.05) is 13.0 Å². The zero-order valence-electron chi connectivity index (χ0n) is 10.4. The minimum atomic E-state index is -0.951. The summed E-state index contributed by atoms with van der Waals surface area (Å²) in [6, 6.07) is 4.78. The number of carbonyl (C=O) groups excluding carboxylic acids is 1. The maximum Gasteiger partial charge on any atom is 0.311 e. The number of aryl methyl sites for hydroxylation is 1. The average Bonchev–Trinajstić information content (AvgIpc) is 2.80. The molecule has 2 rings (SSSR count). The first-order valence-corrected chi connectivity index (χ1v) is 6.66. The zero-order chi connectivity index (χ0) is 14.0. The third kappa shape index (κ3) is 3.13. The molecule has 1 aromatic rings. The van der Waals surface area contributed by atoms with Crippen molar-refractivity contribution in [3.8, 4) is 0 Å². The molecule has 2 N–H and O–H groups in total. The number of carbonyl (C=O) groups is 2. The van der Waals surface area contributed by atoms with Crippen LogP contribution in [-0.2, 0) is 9.53 Å². The number of benzene rings is 1. The Hall–Kier alpha value is -1.40. The summed E-state index contributed by atoms with van der Waals surface area (Å²) < 4.78 is 5.95. The fourth-order valence-corrected chi connectivity index (χ4v) is 2.30. The third-order valence-electron chi connectivity index (χ3n) is 3.15. The maximum absolute atomic E-state index is 12.1. The summed E-state index contributed by atoms with van der Waals surface area (Å²) in [4.78, 5) is 23.0. The molecule has 19 heavy (non-hydrogen) atoms. The lowest BCUT2D eigenvalue weighted by Gasteiger charge is -2.15. The van der Waals surface area contributed by atoms with E-state index < -0.39 is 17.9 Å². The van der Waals surface area contributed by atoms with Crippen molar-refractivity contribution < 1.29 is 19.4 Å². The molecule has 1 aromatic carbocycles. The van der Waals surface area contributed by atoms with Crippen LogP contribution in [0.25, 0.3) is 0 Å². The van der Waals surface area contributed by atoms with Gasteiger partial charge in [0.05, 0.1) is 19.3 Å². The van der Waals surface area contributed by atoms with Crippen LogP contribution < -0.4 is 5.32 Å². The van der Waals surface area contributed by atoms with E-state index in [1.165, 1.54) is 0 Å². The Morgan fingerprint density at radius 1 is 1.42 bits per heavy atom. The van der Waals surface area contributed by atoms with Crippen LogP contribution in [0.5, 0.6) is 0 Å². The highest BCUT2D eigenvalue weighted by Gasteiger charge is 2.35. The molecule has 6 heteroatoms. The van der Waals surface area contributed by atoms with Crippen molar-refractivity contribution in [2.45, 2.75) is 13.0 Å². The predicted molar refractivity (Wildman–Crippen MR) is 72.1 cm³/mol. The Labute approximate surface area is 119 Å². The van der Waals surface area contributed by atoms with Crippen molar-refractivity contribution in [2.24, 2.45) is 5.92 Å². The summed E-state index contributed by atoms with van der Waals surface area (Å²) in [7, 11) is 0. The van der Waals surface area contributed by atoms with Gasteiger partial charge in [-0.1, -0.05) is 22.0 Å². The summed E-state index contributed by atoms with van der Waals surface area (Å²) in [5.41, 5.74) is 1.53. The summed E-state index contributed by atoms with van der Waals surface area (Å²) >= 11 is 3.36. The highest BCUT2D eigenvalue weighted by atomic mass is 79.9. The lowest BCUT2D eigenvalue weighted by atomic mass is 10.0. The van der Waals surface area contributed by atoms with Crippen LogP contribution >= 0.6 is 15.9 Å². The number of amides is 1. The van der Waals surface area contributed by atoms with Gasteiger partial charge in [-0.2, -0.15) is 0 Å². The van der Waals surface area contributed by atoms with Crippen LogP contribution in [0.15, 0.2) is 22.7 Å². The molecule has 1 heterocycles. The first-order valence-electron chi connectivity index (χ1n) is 5.86. The van der Waals surface area contributed by atoms with Crippen molar-refractivity contribution in [1.29, 1.82) is 0 Å². The number of aliphatic carboxylic acids is 1. The highest BCUT2D eigenvalue weighted by Crippen LogP contribution is 2.19. The average molecular weight is 328 g/mol. The van der Waals surface area contributed by atoms with Crippen molar-refractivity contribution in [3.63, 3.8) is 0 Å². The van der Waals surface area contributed by atoms with E-state index in [0.29, 0.717) is 5.56 Å². The molecule has 1 aliphatic rings. The summed E-state index contributed by atoms with van der Waals surface area (Å²) in [5, 5.41) is 11.7. The van der Waals surface area contributed by atoms with Crippen molar-refractivity contribution in [1.82, 2.24) is 5.32 Å². The Balaban J connectivity index is 2.08. The molecule has 0 saturated carbocycles. The molecule has 0 aromatic heterocycles. The van der Waals surface area contributed by atoms with Crippen LogP contribution in [0.2, 0.25) is 0 Å². The molecule has 1 saturated heterocycles. The second kappa shape index (κ2) is 5.71. The predicted octanol–water partition coefficient (Wildman–Crippen LogP) is 1.59. The second-order valence-corrected chi connectivity index (χ2v) is 5.38. The van der Waals surface area contributed by atoms with Crippen molar-refractivity contribution in [3.05, 3.63) is 33.8 Å². The molecule has 0 aliphatic carbocycles. The van der Waals surface area contributed by atoms with Crippen LogP contribution in [-0.4, -0.2) is 36.2 Å². The van der Waals surface area contributed by atoms with E-state index in [9.17, 15) is 9.59 Å². The number of carboxylic acid groups (broad SMARTS) is 1. The number of hydrogen-bond donors (Lipinski definition) is 2. The minimum absolute atomic E-state index is 0.137. The number of rotatable bonds is 3. The summed E-state index contributed by atoms with van der Waals surface area (Å²) in [6.07, 6.45) is 0. The van der Waals surface area contributed by atoms with E-state index in [1.54, 1.807) is 12.1 Å². The zero-order valence-corrected chi connectivity index (χ0v) is 11.9.